The maximum Gasteiger partial charge on any atom is 0.235 e. The molecule has 2 heterocycles. The lowest BCUT2D eigenvalue weighted by molar-refractivity contribution is -0.129. The van der Waals surface area contributed by atoms with Crippen molar-refractivity contribution < 1.29 is 4.79 Å². The third kappa shape index (κ3) is 2.92. The van der Waals surface area contributed by atoms with Gasteiger partial charge in [-0.2, -0.15) is 0 Å². The summed E-state index contributed by atoms with van der Waals surface area (Å²) in [5.41, 5.74) is 0. The highest BCUT2D eigenvalue weighted by molar-refractivity contribution is 8.00. The number of nitrogens with one attached hydrogen (secondary N) is 1. The molecule has 2 atom stereocenters. The molecule has 1 amide bonds. The number of rotatable bonds is 3. The summed E-state index contributed by atoms with van der Waals surface area (Å²) >= 11 is 1.87. The number of thioether (sulfide) groups is 1. The molecule has 2 unspecified atom stereocenters. The summed E-state index contributed by atoms with van der Waals surface area (Å²) in [7, 11) is 1.99. The molecule has 2 fully saturated rings. The minimum Gasteiger partial charge on any atom is -0.341 e. The van der Waals surface area contributed by atoms with Crippen LogP contribution >= 0.6 is 11.8 Å². The van der Waals surface area contributed by atoms with Crippen LogP contribution in [0.2, 0.25) is 0 Å². The molecule has 0 radical (unpaired) electrons. The number of amides is 1. The number of carbonyl (C=O) groups excluding carboxylic acids is 1. The van der Waals surface area contributed by atoms with Crippen LogP contribution in [-0.2, 0) is 4.79 Å². The van der Waals surface area contributed by atoms with Gasteiger partial charge in [-0.1, -0.05) is 6.42 Å². The molecule has 2 aliphatic rings. The zero-order valence-electron chi connectivity index (χ0n) is 10.1. The van der Waals surface area contributed by atoms with Crippen LogP contribution in [0.15, 0.2) is 0 Å². The van der Waals surface area contributed by atoms with Crippen molar-refractivity contribution in [3.8, 4) is 0 Å². The van der Waals surface area contributed by atoms with Crippen LogP contribution in [0.5, 0.6) is 0 Å². The number of carbonyl (C=O) groups is 1. The van der Waals surface area contributed by atoms with Gasteiger partial charge < -0.3 is 10.2 Å². The second kappa shape index (κ2) is 5.92. The van der Waals surface area contributed by atoms with Crippen molar-refractivity contribution in [3.63, 3.8) is 0 Å². The second-order valence-corrected chi connectivity index (χ2v) is 6.16. The molecular formula is C12H22N2OS. The minimum atomic E-state index is 0.266. The monoisotopic (exact) mass is 242 g/mol. The zero-order chi connectivity index (χ0) is 11.4. The minimum absolute atomic E-state index is 0.266. The normalized spacial score (nSPS) is 30.7. The summed E-state index contributed by atoms with van der Waals surface area (Å²) in [6.45, 7) is 2.99. The summed E-state index contributed by atoms with van der Waals surface area (Å²) in [4.78, 5) is 14.3. The Hall–Kier alpha value is -0.220. The van der Waals surface area contributed by atoms with Crippen molar-refractivity contribution in [1.82, 2.24) is 10.2 Å². The van der Waals surface area contributed by atoms with E-state index in [4.69, 9.17) is 0 Å². The molecule has 0 aromatic heterocycles. The molecule has 0 bridgehead atoms. The van der Waals surface area contributed by atoms with Gasteiger partial charge in [0, 0.05) is 13.1 Å². The topological polar surface area (TPSA) is 32.3 Å². The van der Waals surface area contributed by atoms with Crippen molar-refractivity contribution in [1.29, 1.82) is 0 Å². The summed E-state index contributed by atoms with van der Waals surface area (Å²) in [6.07, 6.45) is 4.79. The van der Waals surface area contributed by atoms with E-state index in [-0.39, 0.29) is 5.25 Å². The van der Waals surface area contributed by atoms with Gasteiger partial charge in [-0.3, -0.25) is 4.79 Å². The number of likely N-dealkylation sites (tertiary alicyclic amines) is 1. The first kappa shape index (κ1) is 12.2. The van der Waals surface area contributed by atoms with Crippen LogP contribution in [0.4, 0.5) is 0 Å². The van der Waals surface area contributed by atoms with Gasteiger partial charge in [0.25, 0.3) is 0 Å². The Labute approximate surface area is 102 Å². The standard InChI is InChI=1S/C12H22N2OS/c1-13-8-10-5-6-14(9-10)12(15)11-4-2-3-7-16-11/h10-11,13H,2-9H2,1H3. The highest BCUT2D eigenvalue weighted by atomic mass is 32.2. The van der Waals surface area contributed by atoms with Gasteiger partial charge in [-0.15, -0.1) is 11.8 Å². The van der Waals surface area contributed by atoms with Crippen LogP contribution in [0.1, 0.15) is 25.7 Å². The first-order valence-corrected chi connectivity index (χ1v) is 7.41. The first-order chi connectivity index (χ1) is 7.81. The van der Waals surface area contributed by atoms with E-state index in [0.717, 1.165) is 26.1 Å². The van der Waals surface area contributed by atoms with Crippen molar-refractivity contribution in [2.75, 3.05) is 32.4 Å². The van der Waals surface area contributed by atoms with Crippen molar-refractivity contribution in [2.24, 2.45) is 5.92 Å². The van der Waals surface area contributed by atoms with Gasteiger partial charge in [0.1, 0.15) is 0 Å². The molecule has 0 aromatic rings. The maximum atomic E-state index is 12.2. The molecule has 2 rings (SSSR count). The van der Waals surface area contributed by atoms with Gasteiger partial charge in [0.15, 0.2) is 0 Å². The highest BCUT2D eigenvalue weighted by Gasteiger charge is 2.31. The van der Waals surface area contributed by atoms with Crippen LogP contribution in [0.25, 0.3) is 0 Å². The second-order valence-electron chi connectivity index (χ2n) is 4.85. The van der Waals surface area contributed by atoms with Crippen LogP contribution in [0, 0.1) is 5.92 Å². The summed E-state index contributed by atoms with van der Waals surface area (Å²) in [6, 6.07) is 0. The van der Waals surface area contributed by atoms with E-state index in [0.29, 0.717) is 11.8 Å². The maximum absolute atomic E-state index is 12.2. The summed E-state index contributed by atoms with van der Waals surface area (Å²) in [5.74, 6) is 2.25. The molecule has 0 aliphatic carbocycles. The number of hydrogen-bond donors (Lipinski definition) is 1. The lowest BCUT2D eigenvalue weighted by atomic mass is 10.1. The third-order valence-corrected chi connectivity index (χ3v) is 4.91. The molecule has 0 spiro atoms. The molecule has 0 saturated carbocycles. The molecule has 3 nitrogen and oxygen atoms in total. The van der Waals surface area contributed by atoms with Crippen molar-refractivity contribution in [2.45, 2.75) is 30.9 Å². The van der Waals surface area contributed by atoms with Gasteiger partial charge >= 0.3 is 0 Å². The Balaban J connectivity index is 1.81. The van der Waals surface area contributed by atoms with Crippen LogP contribution in [-0.4, -0.2) is 48.5 Å². The average molecular weight is 242 g/mol. The molecule has 4 heteroatoms. The molecular weight excluding hydrogens is 220 g/mol. The van der Waals surface area contributed by atoms with Gasteiger partial charge in [0.05, 0.1) is 5.25 Å². The predicted molar refractivity (Wildman–Crippen MR) is 68.7 cm³/mol. The van der Waals surface area contributed by atoms with Crippen molar-refractivity contribution in [3.05, 3.63) is 0 Å². The fourth-order valence-corrected chi connectivity index (χ4v) is 3.91. The van der Waals surface area contributed by atoms with E-state index in [9.17, 15) is 4.79 Å². The van der Waals surface area contributed by atoms with Crippen LogP contribution in [0.3, 0.4) is 0 Å². The molecule has 0 aromatic carbocycles. The van der Waals surface area contributed by atoms with E-state index in [2.05, 4.69) is 10.2 Å². The largest absolute Gasteiger partial charge is 0.341 e. The lowest BCUT2D eigenvalue weighted by Gasteiger charge is -2.25. The highest BCUT2D eigenvalue weighted by Crippen LogP contribution is 2.28. The quantitative estimate of drug-likeness (QED) is 0.810. The van der Waals surface area contributed by atoms with Gasteiger partial charge in [-0.25, -0.2) is 0 Å². The van der Waals surface area contributed by atoms with E-state index < -0.39 is 0 Å². The summed E-state index contributed by atoms with van der Waals surface area (Å²) < 4.78 is 0. The van der Waals surface area contributed by atoms with Crippen molar-refractivity contribution >= 4 is 17.7 Å². The molecule has 92 valence electrons. The fourth-order valence-electron chi connectivity index (χ4n) is 2.63. The Morgan fingerprint density at radius 2 is 2.31 bits per heavy atom. The van der Waals surface area contributed by atoms with Crippen LogP contribution < -0.4 is 5.32 Å². The molecule has 2 aliphatic heterocycles. The van der Waals surface area contributed by atoms with Gasteiger partial charge in [0.2, 0.25) is 5.91 Å². The lowest BCUT2D eigenvalue weighted by Crippen LogP contribution is -2.37. The Morgan fingerprint density at radius 1 is 1.44 bits per heavy atom. The Bertz CT molecular complexity index is 241. The number of nitrogens with zero attached hydrogens (tertiary/aromatic N) is 1. The van der Waals surface area contributed by atoms with E-state index in [1.807, 2.05) is 18.8 Å². The zero-order valence-corrected chi connectivity index (χ0v) is 10.9. The molecule has 2 saturated heterocycles. The first-order valence-electron chi connectivity index (χ1n) is 6.36. The number of hydrogen-bond acceptors (Lipinski definition) is 3. The van der Waals surface area contributed by atoms with E-state index >= 15 is 0 Å². The van der Waals surface area contributed by atoms with Gasteiger partial charge in [-0.05, 0) is 44.5 Å². The fraction of sp³-hybridized carbons (Fsp3) is 0.917. The molecule has 16 heavy (non-hydrogen) atoms. The SMILES string of the molecule is CNCC1CCN(C(=O)C2CCCCS2)C1. The predicted octanol–water partition coefficient (Wildman–Crippen LogP) is 1.34. The molecule has 1 N–H and O–H groups in total. The summed E-state index contributed by atoms with van der Waals surface area (Å²) in [5, 5.41) is 3.47. The van der Waals surface area contributed by atoms with E-state index in [1.165, 1.54) is 25.0 Å². The average Bonchev–Trinajstić information content (AvgIpc) is 2.78. The Morgan fingerprint density at radius 3 is 3.00 bits per heavy atom. The van der Waals surface area contributed by atoms with E-state index in [1.54, 1.807) is 0 Å². The third-order valence-electron chi connectivity index (χ3n) is 3.55. The smallest absolute Gasteiger partial charge is 0.235 e. The Kier molecular flexibility index (Phi) is 4.53.